The van der Waals surface area contributed by atoms with Gasteiger partial charge in [-0.05, 0) is 6.07 Å². The standard InChI is InChI=1S/C19H18N2O5/c1-23-11-7-15(24-2)18(16(8-11)25-3)17-12-5-4-10(22)6-14(12)26-19(21)13(17)9-20/h4-8,17,22H,21H2,1-3H3. The molecule has 1 heterocycles. The van der Waals surface area contributed by atoms with Crippen LogP contribution in [0.2, 0.25) is 0 Å². The van der Waals surface area contributed by atoms with Crippen molar-refractivity contribution in [3.05, 3.63) is 52.9 Å². The van der Waals surface area contributed by atoms with Crippen molar-refractivity contribution in [1.29, 1.82) is 5.26 Å². The van der Waals surface area contributed by atoms with Gasteiger partial charge < -0.3 is 29.8 Å². The van der Waals surface area contributed by atoms with Crippen LogP contribution in [0.4, 0.5) is 0 Å². The molecule has 26 heavy (non-hydrogen) atoms. The van der Waals surface area contributed by atoms with E-state index in [9.17, 15) is 10.4 Å². The molecular formula is C19H18N2O5. The predicted octanol–water partition coefficient (Wildman–Crippen LogP) is 2.64. The Morgan fingerprint density at radius 2 is 1.73 bits per heavy atom. The molecule has 3 rings (SSSR count). The maximum Gasteiger partial charge on any atom is 0.205 e. The second kappa shape index (κ2) is 6.76. The number of nitrogens with two attached hydrogens (primary N) is 1. The van der Waals surface area contributed by atoms with Gasteiger partial charge in [0.2, 0.25) is 5.88 Å². The molecule has 0 saturated carbocycles. The number of hydrogen-bond acceptors (Lipinski definition) is 7. The number of fused-ring (bicyclic) bond motifs is 1. The quantitative estimate of drug-likeness (QED) is 0.869. The summed E-state index contributed by atoms with van der Waals surface area (Å²) in [7, 11) is 4.58. The first-order chi connectivity index (χ1) is 12.5. The van der Waals surface area contributed by atoms with Crippen molar-refractivity contribution in [3.63, 3.8) is 0 Å². The maximum atomic E-state index is 9.76. The number of phenolic OH excluding ortho intramolecular Hbond substituents is 1. The first-order valence-electron chi connectivity index (χ1n) is 7.74. The summed E-state index contributed by atoms with van der Waals surface area (Å²) in [6, 6.07) is 10.2. The third-order valence-corrected chi connectivity index (χ3v) is 4.24. The van der Waals surface area contributed by atoms with Crippen molar-refractivity contribution >= 4 is 0 Å². The monoisotopic (exact) mass is 354 g/mol. The van der Waals surface area contributed by atoms with Crippen LogP contribution < -0.4 is 24.7 Å². The molecule has 7 heteroatoms. The van der Waals surface area contributed by atoms with Crippen molar-refractivity contribution in [2.24, 2.45) is 5.73 Å². The first kappa shape index (κ1) is 17.3. The molecular weight excluding hydrogens is 336 g/mol. The lowest BCUT2D eigenvalue weighted by Crippen LogP contribution is -2.21. The normalized spacial score (nSPS) is 15.5. The van der Waals surface area contributed by atoms with Crippen molar-refractivity contribution in [1.82, 2.24) is 0 Å². The van der Waals surface area contributed by atoms with Gasteiger partial charge in [0.1, 0.15) is 40.4 Å². The number of hydrogen-bond donors (Lipinski definition) is 2. The van der Waals surface area contributed by atoms with Crippen LogP contribution in [-0.2, 0) is 0 Å². The lowest BCUT2D eigenvalue weighted by molar-refractivity contribution is 0.361. The van der Waals surface area contributed by atoms with Crippen molar-refractivity contribution in [2.45, 2.75) is 5.92 Å². The molecule has 1 aliphatic heterocycles. The maximum absolute atomic E-state index is 9.76. The highest BCUT2D eigenvalue weighted by Crippen LogP contribution is 2.50. The van der Waals surface area contributed by atoms with E-state index < -0.39 is 5.92 Å². The summed E-state index contributed by atoms with van der Waals surface area (Å²) in [5.74, 6) is 1.29. The summed E-state index contributed by atoms with van der Waals surface area (Å²) in [5.41, 5.74) is 7.47. The van der Waals surface area contributed by atoms with Crippen LogP contribution in [0.15, 0.2) is 41.8 Å². The Labute approximate surface area is 150 Å². The summed E-state index contributed by atoms with van der Waals surface area (Å²) in [6.45, 7) is 0. The molecule has 0 aliphatic carbocycles. The SMILES string of the molecule is COc1cc(OC)c(C2C(C#N)=C(N)Oc3cc(O)ccc32)c(OC)c1. The molecule has 0 amide bonds. The van der Waals surface area contributed by atoms with E-state index in [0.29, 0.717) is 34.1 Å². The zero-order valence-electron chi connectivity index (χ0n) is 14.6. The van der Waals surface area contributed by atoms with Crippen LogP contribution in [0.5, 0.6) is 28.7 Å². The fraction of sp³-hybridized carbons (Fsp3) is 0.211. The fourth-order valence-electron chi connectivity index (χ4n) is 3.06. The Kier molecular flexibility index (Phi) is 4.50. The number of nitrogens with zero attached hydrogens (tertiary/aromatic N) is 1. The average molecular weight is 354 g/mol. The summed E-state index contributed by atoms with van der Waals surface area (Å²) in [6.07, 6.45) is 0. The highest BCUT2D eigenvalue weighted by atomic mass is 16.5. The molecule has 0 saturated heterocycles. The van der Waals surface area contributed by atoms with Crippen LogP contribution in [0.3, 0.4) is 0 Å². The number of nitriles is 1. The van der Waals surface area contributed by atoms with Crippen molar-refractivity contribution < 1.29 is 24.1 Å². The molecule has 0 spiro atoms. The highest BCUT2D eigenvalue weighted by Gasteiger charge is 2.35. The van der Waals surface area contributed by atoms with Gasteiger partial charge in [-0.15, -0.1) is 0 Å². The van der Waals surface area contributed by atoms with Crippen LogP contribution in [0.25, 0.3) is 0 Å². The van der Waals surface area contributed by atoms with Crippen LogP contribution >= 0.6 is 0 Å². The van der Waals surface area contributed by atoms with E-state index in [1.165, 1.54) is 26.4 Å². The van der Waals surface area contributed by atoms with Gasteiger partial charge >= 0.3 is 0 Å². The van der Waals surface area contributed by atoms with E-state index in [2.05, 4.69) is 6.07 Å². The number of rotatable bonds is 4. The molecule has 1 atom stereocenters. The minimum absolute atomic E-state index is 0.0318. The van der Waals surface area contributed by atoms with E-state index in [1.54, 1.807) is 25.3 Å². The molecule has 0 bridgehead atoms. The van der Waals surface area contributed by atoms with Gasteiger partial charge in [-0.25, -0.2) is 0 Å². The van der Waals surface area contributed by atoms with E-state index in [1.807, 2.05) is 0 Å². The van der Waals surface area contributed by atoms with Crippen molar-refractivity contribution in [3.8, 4) is 34.8 Å². The molecule has 134 valence electrons. The van der Waals surface area contributed by atoms with Gasteiger partial charge in [0.15, 0.2) is 0 Å². The van der Waals surface area contributed by atoms with Gasteiger partial charge in [0, 0.05) is 29.3 Å². The minimum atomic E-state index is -0.583. The second-order valence-electron chi connectivity index (χ2n) is 5.59. The largest absolute Gasteiger partial charge is 0.508 e. The lowest BCUT2D eigenvalue weighted by Gasteiger charge is -2.28. The number of phenols is 1. The Morgan fingerprint density at radius 3 is 2.27 bits per heavy atom. The summed E-state index contributed by atoms with van der Waals surface area (Å²) < 4.78 is 21.9. The molecule has 3 N–H and O–H groups in total. The molecule has 2 aromatic rings. The van der Waals surface area contributed by atoms with E-state index in [-0.39, 0.29) is 17.2 Å². The summed E-state index contributed by atoms with van der Waals surface area (Å²) in [5, 5.41) is 19.4. The first-order valence-corrected chi connectivity index (χ1v) is 7.74. The molecule has 0 fully saturated rings. The molecule has 7 nitrogen and oxygen atoms in total. The van der Waals surface area contributed by atoms with Crippen LogP contribution in [0, 0.1) is 11.3 Å². The summed E-state index contributed by atoms with van der Waals surface area (Å²) in [4.78, 5) is 0. The highest BCUT2D eigenvalue weighted by molar-refractivity contribution is 5.64. The minimum Gasteiger partial charge on any atom is -0.508 e. The predicted molar refractivity (Wildman–Crippen MR) is 93.5 cm³/mol. The average Bonchev–Trinajstić information content (AvgIpc) is 2.65. The smallest absolute Gasteiger partial charge is 0.205 e. The Hall–Kier alpha value is -3.53. The van der Waals surface area contributed by atoms with Gasteiger partial charge in [0.05, 0.1) is 27.2 Å². The number of aromatic hydroxyl groups is 1. The fourth-order valence-corrected chi connectivity index (χ4v) is 3.06. The molecule has 2 aromatic carbocycles. The summed E-state index contributed by atoms with van der Waals surface area (Å²) >= 11 is 0. The number of methoxy groups -OCH3 is 3. The van der Waals surface area contributed by atoms with Gasteiger partial charge in [0.25, 0.3) is 0 Å². The molecule has 0 aromatic heterocycles. The van der Waals surface area contributed by atoms with Crippen LogP contribution in [0.1, 0.15) is 17.0 Å². The van der Waals surface area contributed by atoms with E-state index in [0.717, 1.165) is 0 Å². The van der Waals surface area contributed by atoms with Crippen molar-refractivity contribution in [2.75, 3.05) is 21.3 Å². The Bertz CT molecular complexity index is 905. The zero-order valence-corrected chi connectivity index (χ0v) is 14.6. The van der Waals surface area contributed by atoms with Gasteiger partial charge in [-0.1, -0.05) is 6.07 Å². The Morgan fingerprint density at radius 1 is 1.08 bits per heavy atom. The van der Waals surface area contributed by atoms with Gasteiger partial charge in [-0.3, -0.25) is 0 Å². The zero-order chi connectivity index (χ0) is 18.8. The number of benzene rings is 2. The molecule has 1 aliphatic rings. The van der Waals surface area contributed by atoms with E-state index >= 15 is 0 Å². The Balaban J connectivity index is 2.33. The number of ether oxygens (including phenoxy) is 4. The third-order valence-electron chi connectivity index (χ3n) is 4.24. The number of allylic oxidation sites excluding steroid dienone is 1. The lowest BCUT2D eigenvalue weighted by atomic mass is 9.82. The van der Waals surface area contributed by atoms with Crippen LogP contribution in [-0.4, -0.2) is 26.4 Å². The molecule has 0 radical (unpaired) electrons. The third kappa shape index (κ3) is 2.71. The van der Waals surface area contributed by atoms with E-state index in [4.69, 9.17) is 24.7 Å². The molecule has 1 unspecified atom stereocenters. The second-order valence-corrected chi connectivity index (χ2v) is 5.59. The van der Waals surface area contributed by atoms with Gasteiger partial charge in [-0.2, -0.15) is 5.26 Å². The topological polar surface area (TPSA) is 107 Å².